The van der Waals surface area contributed by atoms with Crippen LogP contribution in [0.25, 0.3) is 16.7 Å². The number of hydrogen-bond donors (Lipinski definition) is 0. The molecule has 1 saturated heterocycles. The van der Waals surface area contributed by atoms with Gasteiger partial charge in [0.25, 0.3) is 11.5 Å². The average Bonchev–Trinajstić information content (AvgIpc) is 3.43. The zero-order chi connectivity index (χ0) is 24.5. The molecule has 7 heteroatoms. The van der Waals surface area contributed by atoms with Crippen molar-refractivity contribution in [3.05, 3.63) is 118 Å². The highest BCUT2D eigenvalue weighted by molar-refractivity contribution is 5.94. The number of fused-ring (bicyclic) bond motifs is 3. The first-order chi connectivity index (χ1) is 17.7. The van der Waals surface area contributed by atoms with Crippen LogP contribution in [0.4, 0.5) is 0 Å². The van der Waals surface area contributed by atoms with Crippen molar-refractivity contribution in [3.8, 4) is 0 Å². The van der Waals surface area contributed by atoms with Gasteiger partial charge in [-0.15, -0.1) is 0 Å². The maximum atomic E-state index is 13.2. The van der Waals surface area contributed by atoms with Gasteiger partial charge in [-0.2, -0.15) is 0 Å². The molecule has 36 heavy (non-hydrogen) atoms. The molecule has 0 aliphatic carbocycles. The maximum absolute atomic E-state index is 13.2. The number of aromatic nitrogens is 3. The third kappa shape index (κ3) is 4.18. The standard InChI is InChI=1S/C29H27N5O2/c35-28(32-18-16-31(17-19-32)20-22-6-2-1-3-7-22)24-12-10-23(11-13-24)21-34-27-25(8-4-14-30-27)33-15-5-9-26(33)29(34)36/h1-15H,16-21H2. The molecule has 0 atom stereocenters. The molecule has 0 N–H and O–H groups in total. The molecule has 180 valence electrons. The summed E-state index contributed by atoms with van der Waals surface area (Å²) in [7, 11) is 0. The molecule has 6 rings (SSSR count). The molecule has 1 aliphatic rings. The molecule has 1 fully saturated rings. The minimum Gasteiger partial charge on any atom is -0.336 e. The summed E-state index contributed by atoms with van der Waals surface area (Å²) in [6.45, 7) is 4.47. The Labute approximate surface area is 208 Å². The topological polar surface area (TPSA) is 62.9 Å². The van der Waals surface area contributed by atoms with E-state index in [1.165, 1.54) is 5.56 Å². The lowest BCUT2D eigenvalue weighted by atomic mass is 10.1. The lowest BCUT2D eigenvalue weighted by Gasteiger charge is -2.34. The van der Waals surface area contributed by atoms with Gasteiger partial charge in [0.1, 0.15) is 5.52 Å². The zero-order valence-electron chi connectivity index (χ0n) is 20.0. The fraction of sp³-hybridized carbons (Fsp3) is 0.207. The molecular formula is C29H27N5O2. The molecule has 1 amide bonds. The highest BCUT2D eigenvalue weighted by Crippen LogP contribution is 2.16. The van der Waals surface area contributed by atoms with Crippen LogP contribution in [0.15, 0.2) is 96.1 Å². The molecule has 5 aromatic rings. The van der Waals surface area contributed by atoms with Crippen LogP contribution in [0.5, 0.6) is 0 Å². The number of hydrogen-bond acceptors (Lipinski definition) is 4. The summed E-state index contributed by atoms with van der Waals surface area (Å²) in [4.78, 5) is 35.1. The van der Waals surface area contributed by atoms with Crippen molar-refractivity contribution in [2.45, 2.75) is 13.1 Å². The zero-order valence-corrected chi connectivity index (χ0v) is 20.0. The van der Waals surface area contributed by atoms with E-state index >= 15 is 0 Å². The number of nitrogens with zero attached hydrogens (tertiary/aromatic N) is 5. The number of carbonyl (C=O) groups excluding carboxylic acids is 1. The number of carbonyl (C=O) groups is 1. The molecule has 4 heterocycles. The monoisotopic (exact) mass is 477 g/mol. The van der Waals surface area contributed by atoms with Crippen molar-refractivity contribution in [2.75, 3.05) is 26.2 Å². The molecule has 3 aromatic heterocycles. The van der Waals surface area contributed by atoms with E-state index < -0.39 is 0 Å². The Hall–Kier alpha value is -4.23. The van der Waals surface area contributed by atoms with E-state index in [0.717, 1.165) is 43.8 Å². The van der Waals surface area contributed by atoms with E-state index in [-0.39, 0.29) is 11.5 Å². The van der Waals surface area contributed by atoms with Crippen LogP contribution in [0.3, 0.4) is 0 Å². The number of piperazine rings is 1. The molecular weight excluding hydrogens is 450 g/mol. The molecule has 0 spiro atoms. The minimum atomic E-state index is -0.0836. The summed E-state index contributed by atoms with van der Waals surface area (Å²) in [5, 5.41) is 0. The second kappa shape index (κ2) is 9.43. The van der Waals surface area contributed by atoms with Gasteiger partial charge in [-0.1, -0.05) is 42.5 Å². The van der Waals surface area contributed by atoms with Gasteiger partial charge in [0.05, 0.1) is 12.1 Å². The summed E-state index contributed by atoms with van der Waals surface area (Å²) in [6.07, 6.45) is 3.59. The quantitative estimate of drug-likeness (QED) is 0.388. The van der Waals surface area contributed by atoms with Crippen LogP contribution in [0.2, 0.25) is 0 Å². The van der Waals surface area contributed by atoms with Gasteiger partial charge in [0.15, 0.2) is 5.65 Å². The number of rotatable bonds is 5. The number of amides is 1. The van der Waals surface area contributed by atoms with E-state index in [1.54, 1.807) is 10.8 Å². The molecule has 7 nitrogen and oxygen atoms in total. The van der Waals surface area contributed by atoms with Crippen LogP contribution in [0.1, 0.15) is 21.5 Å². The maximum Gasteiger partial charge on any atom is 0.276 e. The smallest absolute Gasteiger partial charge is 0.276 e. The second-order valence-electron chi connectivity index (χ2n) is 9.25. The molecule has 0 saturated carbocycles. The van der Waals surface area contributed by atoms with Crippen molar-refractivity contribution in [3.63, 3.8) is 0 Å². The first-order valence-electron chi connectivity index (χ1n) is 12.3. The van der Waals surface area contributed by atoms with E-state index in [0.29, 0.717) is 23.3 Å². The second-order valence-corrected chi connectivity index (χ2v) is 9.25. The van der Waals surface area contributed by atoms with Gasteiger partial charge in [0.2, 0.25) is 0 Å². The number of pyridine rings is 1. The van der Waals surface area contributed by atoms with Gasteiger partial charge < -0.3 is 9.30 Å². The molecule has 2 aromatic carbocycles. The SMILES string of the molecule is O=C(c1ccc(Cn2c(=O)c3cccn3c3cccnc32)cc1)N1CCN(Cc2ccccc2)CC1. The van der Waals surface area contributed by atoms with Gasteiger partial charge in [-0.3, -0.25) is 19.1 Å². The molecule has 0 bridgehead atoms. The molecule has 1 aliphatic heterocycles. The summed E-state index contributed by atoms with van der Waals surface area (Å²) in [6, 6.07) is 25.6. The van der Waals surface area contributed by atoms with E-state index in [4.69, 9.17) is 0 Å². The van der Waals surface area contributed by atoms with Gasteiger partial charge in [-0.25, -0.2) is 4.98 Å². The Balaban J connectivity index is 1.16. The van der Waals surface area contributed by atoms with Gasteiger partial charge in [-0.05, 0) is 47.5 Å². The minimum absolute atomic E-state index is 0.0554. The first-order valence-corrected chi connectivity index (χ1v) is 12.3. The number of benzene rings is 2. The van der Waals surface area contributed by atoms with Crippen LogP contribution in [-0.2, 0) is 13.1 Å². The molecule has 0 radical (unpaired) electrons. The van der Waals surface area contributed by atoms with Crippen LogP contribution >= 0.6 is 0 Å². The van der Waals surface area contributed by atoms with Crippen molar-refractivity contribution >= 4 is 22.6 Å². The van der Waals surface area contributed by atoms with E-state index in [1.807, 2.05) is 70.1 Å². The van der Waals surface area contributed by atoms with Crippen LogP contribution in [-0.4, -0.2) is 55.8 Å². The van der Waals surface area contributed by atoms with Crippen LogP contribution < -0.4 is 5.56 Å². The Morgan fingerprint density at radius 3 is 2.25 bits per heavy atom. The fourth-order valence-electron chi connectivity index (χ4n) is 5.00. The average molecular weight is 478 g/mol. The lowest BCUT2D eigenvalue weighted by Crippen LogP contribution is -2.48. The van der Waals surface area contributed by atoms with Gasteiger partial charge >= 0.3 is 0 Å². The summed E-state index contributed by atoms with van der Waals surface area (Å²) in [5.74, 6) is 0.0554. The van der Waals surface area contributed by atoms with Crippen molar-refractivity contribution < 1.29 is 4.79 Å². The third-order valence-electron chi connectivity index (χ3n) is 6.94. The summed E-state index contributed by atoms with van der Waals surface area (Å²) >= 11 is 0. The van der Waals surface area contributed by atoms with Crippen LogP contribution in [0, 0.1) is 0 Å². The Morgan fingerprint density at radius 2 is 1.47 bits per heavy atom. The Morgan fingerprint density at radius 1 is 0.750 bits per heavy atom. The van der Waals surface area contributed by atoms with E-state index in [2.05, 4.69) is 34.1 Å². The lowest BCUT2D eigenvalue weighted by molar-refractivity contribution is 0.0628. The normalized spacial score (nSPS) is 14.5. The molecule has 0 unspecified atom stereocenters. The highest BCUT2D eigenvalue weighted by Gasteiger charge is 2.22. The highest BCUT2D eigenvalue weighted by atomic mass is 16.2. The largest absolute Gasteiger partial charge is 0.336 e. The predicted molar refractivity (Wildman–Crippen MR) is 140 cm³/mol. The van der Waals surface area contributed by atoms with Crippen molar-refractivity contribution in [1.82, 2.24) is 23.8 Å². The first kappa shape index (κ1) is 22.2. The van der Waals surface area contributed by atoms with Crippen molar-refractivity contribution in [2.24, 2.45) is 0 Å². The van der Waals surface area contributed by atoms with E-state index in [9.17, 15) is 9.59 Å². The van der Waals surface area contributed by atoms with Gasteiger partial charge in [0, 0.05) is 50.7 Å². The predicted octanol–water partition coefficient (Wildman–Crippen LogP) is 3.66. The third-order valence-corrected chi connectivity index (χ3v) is 6.94. The van der Waals surface area contributed by atoms with Crippen molar-refractivity contribution in [1.29, 1.82) is 0 Å². The summed E-state index contributed by atoms with van der Waals surface area (Å²) in [5.41, 5.74) is 4.98. The Kier molecular flexibility index (Phi) is 5.83. The summed E-state index contributed by atoms with van der Waals surface area (Å²) < 4.78 is 3.58. The fourth-order valence-corrected chi connectivity index (χ4v) is 5.00. The Bertz CT molecular complexity index is 1580.